The molecule has 0 unspecified atom stereocenters. The molecule has 0 amide bonds. The summed E-state index contributed by atoms with van der Waals surface area (Å²) in [4.78, 5) is 4.93. The van der Waals surface area contributed by atoms with E-state index in [1.54, 1.807) is 0 Å². The summed E-state index contributed by atoms with van der Waals surface area (Å²) in [7, 11) is 0. The van der Waals surface area contributed by atoms with E-state index in [1.165, 1.54) is 41.9 Å². The van der Waals surface area contributed by atoms with Gasteiger partial charge in [-0.05, 0) is 76.0 Å². The molecule has 15 aromatic rings. The molecule has 0 saturated heterocycles. The van der Waals surface area contributed by atoms with Crippen LogP contribution in [-0.4, -0.2) is 0 Å². The van der Waals surface area contributed by atoms with Crippen LogP contribution in [0.5, 0.6) is 0 Å². The van der Waals surface area contributed by atoms with Gasteiger partial charge in [0.15, 0.2) is 11.2 Å². The van der Waals surface area contributed by atoms with E-state index < -0.39 is 0 Å². The molecule has 0 bridgehead atoms. The first-order valence-electron chi connectivity index (χ1n) is 25.2. The van der Waals surface area contributed by atoms with Crippen molar-refractivity contribution < 1.29 is 8.83 Å². The molecule has 12 aromatic carbocycles. The van der Waals surface area contributed by atoms with Crippen molar-refractivity contribution in [2.24, 2.45) is 0 Å². The van der Waals surface area contributed by atoms with Gasteiger partial charge in [-0.2, -0.15) is 0 Å². The summed E-state index contributed by atoms with van der Waals surface area (Å²) in [6.07, 6.45) is 0. The van der Waals surface area contributed by atoms with E-state index in [0.29, 0.717) is 6.54 Å². The fraction of sp³-hybridized carbons (Fsp3) is 0.0145. The van der Waals surface area contributed by atoms with Crippen LogP contribution in [0.3, 0.4) is 0 Å². The Bertz CT molecular complexity index is 4660. The number of anilines is 5. The molecule has 0 fully saturated rings. The number of rotatable bonds is 9. The van der Waals surface area contributed by atoms with Gasteiger partial charge in [0.25, 0.3) is 0 Å². The number of benzene rings is 12. The highest BCUT2D eigenvalue weighted by Crippen LogP contribution is 2.52. The van der Waals surface area contributed by atoms with Crippen molar-refractivity contribution in [2.45, 2.75) is 6.54 Å². The van der Waals surface area contributed by atoms with Crippen LogP contribution in [0.15, 0.2) is 264 Å². The zero-order chi connectivity index (χ0) is 48.7. The average Bonchev–Trinajstić information content (AvgIpc) is 4.21. The van der Waals surface area contributed by atoms with E-state index in [9.17, 15) is 0 Å². The van der Waals surface area contributed by atoms with Gasteiger partial charge in [-0.15, -0.1) is 11.3 Å². The molecule has 74 heavy (non-hydrogen) atoms. The summed E-state index contributed by atoms with van der Waals surface area (Å²) in [6, 6.07) is 91.8. The van der Waals surface area contributed by atoms with E-state index in [2.05, 4.69) is 265 Å². The van der Waals surface area contributed by atoms with Gasteiger partial charge in [0, 0.05) is 75.8 Å². The Morgan fingerprint density at radius 1 is 0.297 bits per heavy atom. The maximum atomic E-state index is 6.91. The van der Waals surface area contributed by atoms with Crippen LogP contribution in [0.2, 0.25) is 0 Å². The maximum absolute atomic E-state index is 6.91. The topological polar surface area (TPSA) is 32.8 Å². The fourth-order valence-electron chi connectivity index (χ4n) is 11.6. The van der Waals surface area contributed by atoms with Crippen molar-refractivity contribution in [1.82, 2.24) is 0 Å². The maximum Gasteiger partial charge on any atom is 0.159 e. The van der Waals surface area contributed by atoms with Crippen molar-refractivity contribution >= 4 is 125 Å². The molecule has 5 heteroatoms. The van der Waals surface area contributed by atoms with Crippen molar-refractivity contribution in [3.05, 3.63) is 260 Å². The zero-order valence-corrected chi connectivity index (χ0v) is 40.9. The highest BCUT2D eigenvalue weighted by molar-refractivity contribution is 7.27. The van der Waals surface area contributed by atoms with E-state index in [1.807, 2.05) is 11.3 Å². The van der Waals surface area contributed by atoms with Gasteiger partial charge in [0.2, 0.25) is 0 Å². The van der Waals surface area contributed by atoms with E-state index in [4.69, 9.17) is 8.83 Å². The summed E-state index contributed by atoms with van der Waals surface area (Å²) in [5.74, 6) is 0. The fourth-order valence-corrected chi connectivity index (χ4v) is 12.9. The Labute approximate surface area is 430 Å². The number of hydrogen-bond donors (Lipinski definition) is 0. The van der Waals surface area contributed by atoms with Crippen molar-refractivity contribution in [3.63, 3.8) is 0 Å². The van der Waals surface area contributed by atoms with Gasteiger partial charge in [-0.25, -0.2) is 0 Å². The lowest BCUT2D eigenvalue weighted by Crippen LogP contribution is -2.18. The smallest absolute Gasteiger partial charge is 0.159 e. The van der Waals surface area contributed by atoms with Crippen LogP contribution in [-0.2, 0) is 6.54 Å². The van der Waals surface area contributed by atoms with Crippen LogP contribution >= 0.6 is 11.3 Å². The SMILES string of the molecule is c1ccc(-c2ccccc2N(Cc2cc3c4cc(N(c5ccccc5-c5ccccc5)c5cccc6c5oc5ccccc56)c5ccccc5c4sc3c3ccccc23)c2cccc3c2oc2ccccc23)cc1. The molecular formula is C69H44N2O2S. The van der Waals surface area contributed by atoms with Crippen molar-refractivity contribution in [1.29, 1.82) is 0 Å². The van der Waals surface area contributed by atoms with Crippen molar-refractivity contribution in [3.8, 4) is 22.3 Å². The summed E-state index contributed by atoms with van der Waals surface area (Å²) >= 11 is 1.90. The van der Waals surface area contributed by atoms with E-state index in [-0.39, 0.29) is 0 Å². The number of para-hydroxylation sites is 6. The Hall–Kier alpha value is -9.42. The minimum Gasteiger partial charge on any atom is -0.454 e. The number of fused-ring (bicyclic) bond motifs is 13. The van der Waals surface area contributed by atoms with Crippen LogP contribution in [0.4, 0.5) is 28.4 Å². The number of hydrogen-bond acceptors (Lipinski definition) is 5. The normalized spacial score (nSPS) is 11.8. The molecule has 0 radical (unpaired) electrons. The highest BCUT2D eigenvalue weighted by atomic mass is 32.1. The van der Waals surface area contributed by atoms with E-state index >= 15 is 0 Å². The lowest BCUT2D eigenvalue weighted by atomic mass is 9.96. The zero-order valence-electron chi connectivity index (χ0n) is 40.1. The molecule has 0 atom stereocenters. The molecular weight excluding hydrogens is 921 g/mol. The molecule has 0 aliphatic rings. The monoisotopic (exact) mass is 964 g/mol. The predicted molar refractivity (Wildman–Crippen MR) is 313 cm³/mol. The average molecular weight is 965 g/mol. The minimum atomic E-state index is 0.582. The first-order chi connectivity index (χ1) is 36.7. The Balaban J connectivity index is 1.01. The van der Waals surface area contributed by atoms with Crippen LogP contribution in [0, 0.1) is 0 Å². The molecule has 0 aliphatic heterocycles. The Morgan fingerprint density at radius 3 is 1.36 bits per heavy atom. The number of thiophene rings is 1. The second-order valence-electron chi connectivity index (χ2n) is 19.1. The van der Waals surface area contributed by atoms with Crippen LogP contribution < -0.4 is 9.80 Å². The van der Waals surface area contributed by atoms with Crippen LogP contribution in [0.1, 0.15) is 5.56 Å². The molecule has 0 saturated carbocycles. The van der Waals surface area contributed by atoms with Gasteiger partial charge in [0.05, 0.1) is 22.7 Å². The lowest BCUT2D eigenvalue weighted by molar-refractivity contribution is 0.667. The summed E-state index contributed by atoms with van der Waals surface area (Å²) in [5.41, 5.74) is 14.5. The number of furan rings is 2. The van der Waals surface area contributed by atoms with Gasteiger partial charge in [0.1, 0.15) is 11.2 Å². The van der Waals surface area contributed by atoms with E-state index in [0.717, 1.165) is 100.0 Å². The first-order valence-corrected chi connectivity index (χ1v) is 26.0. The highest BCUT2D eigenvalue weighted by Gasteiger charge is 2.27. The molecule has 348 valence electrons. The third-order valence-corrected chi connectivity index (χ3v) is 16.2. The molecule has 3 aromatic heterocycles. The quantitative estimate of drug-likeness (QED) is 0.144. The molecule has 0 spiro atoms. The Kier molecular flexibility index (Phi) is 9.78. The van der Waals surface area contributed by atoms with Gasteiger partial charge >= 0.3 is 0 Å². The summed E-state index contributed by atoms with van der Waals surface area (Å²) in [6.45, 7) is 0.582. The Morgan fingerprint density at radius 2 is 0.730 bits per heavy atom. The molecule has 15 rings (SSSR count). The summed E-state index contributed by atoms with van der Waals surface area (Å²) in [5, 5.41) is 11.7. The number of nitrogens with zero attached hydrogens (tertiary/aromatic N) is 2. The van der Waals surface area contributed by atoms with Crippen molar-refractivity contribution in [2.75, 3.05) is 9.80 Å². The minimum absolute atomic E-state index is 0.582. The molecule has 3 heterocycles. The third kappa shape index (κ3) is 6.67. The molecule has 4 nitrogen and oxygen atoms in total. The second-order valence-corrected chi connectivity index (χ2v) is 20.1. The summed E-state index contributed by atoms with van der Waals surface area (Å²) < 4.78 is 16.3. The third-order valence-electron chi connectivity index (χ3n) is 14.9. The largest absolute Gasteiger partial charge is 0.454 e. The van der Waals surface area contributed by atoms with Gasteiger partial charge < -0.3 is 18.6 Å². The lowest BCUT2D eigenvalue weighted by Gasteiger charge is -2.29. The molecule has 0 aliphatic carbocycles. The molecule has 0 N–H and O–H groups in total. The predicted octanol–water partition coefficient (Wildman–Crippen LogP) is 20.3. The van der Waals surface area contributed by atoms with Gasteiger partial charge in [-0.1, -0.05) is 206 Å². The first kappa shape index (κ1) is 42.3. The standard InChI is InChI=1S/C69H44N2O2S/c1-3-21-44(22-4-1)48-26-11-15-35-59(48)70(61-37-19-33-53-51-29-13-17-39-64(51)72-66(53)61)43-46-41-57-58-42-63(50-28-8-10-32-56(50)69(58)74-68(57)55-31-9-7-25-47(46)55)71(60-36-16-12-27-49(60)45-23-5-2-6-24-45)62-38-20-34-54-52-30-14-18-40-65(52)73-67(54)62/h1-42H,43H2. The second kappa shape index (κ2) is 17.1. The van der Waals surface area contributed by atoms with Crippen LogP contribution in [0.25, 0.3) is 108 Å². The van der Waals surface area contributed by atoms with Gasteiger partial charge in [-0.3, -0.25) is 0 Å².